The lowest BCUT2D eigenvalue weighted by molar-refractivity contribution is 0.282. The highest BCUT2D eigenvalue weighted by atomic mass is 15.0. The Kier molecular flexibility index (Phi) is 3.91. The molecule has 2 nitrogen and oxygen atoms in total. The van der Waals surface area contributed by atoms with E-state index in [1.165, 1.54) is 38.6 Å². The molecular weight excluding hydrogens is 196 g/mol. The van der Waals surface area contributed by atoms with Gasteiger partial charge >= 0.3 is 0 Å². The lowest BCUT2D eigenvalue weighted by Crippen LogP contribution is -2.44. The molecule has 1 heterocycles. The van der Waals surface area contributed by atoms with Gasteiger partial charge in [0.05, 0.1) is 0 Å². The molecule has 1 aliphatic carbocycles. The number of hydrogen-bond acceptors (Lipinski definition) is 2. The molecule has 2 N–H and O–H groups in total. The molecular formula is C14H28N2. The third-order valence-electron chi connectivity index (χ3n) is 4.08. The maximum atomic E-state index is 3.81. The van der Waals surface area contributed by atoms with Gasteiger partial charge in [-0.05, 0) is 43.6 Å². The van der Waals surface area contributed by atoms with Crippen LogP contribution in [0.3, 0.4) is 0 Å². The molecule has 0 spiro atoms. The van der Waals surface area contributed by atoms with Crippen molar-refractivity contribution in [3.8, 4) is 0 Å². The molecule has 0 amide bonds. The van der Waals surface area contributed by atoms with Crippen molar-refractivity contribution in [2.75, 3.05) is 13.1 Å². The lowest BCUT2D eigenvalue weighted by Gasteiger charge is -2.29. The van der Waals surface area contributed by atoms with Crippen molar-refractivity contribution in [2.45, 2.75) is 65.0 Å². The molecule has 0 radical (unpaired) electrons. The van der Waals surface area contributed by atoms with Crippen molar-refractivity contribution in [3.63, 3.8) is 0 Å². The van der Waals surface area contributed by atoms with E-state index in [4.69, 9.17) is 0 Å². The van der Waals surface area contributed by atoms with Crippen LogP contribution in [0.25, 0.3) is 0 Å². The molecule has 16 heavy (non-hydrogen) atoms. The summed E-state index contributed by atoms with van der Waals surface area (Å²) in [7, 11) is 0. The van der Waals surface area contributed by atoms with Crippen molar-refractivity contribution >= 4 is 0 Å². The highest BCUT2D eigenvalue weighted by Crippen LogP contribution is 2.32. The molecule has 0 aromatic carbocycles. The highest BCUT2D eigenvalue weighted by molar-refractivity contribution is 4.93. The second-order valence-corrected chi connectivity index (χ2v) is 6.85. The quantitative estimate of drug-likeness (QED) is 0.770. The highest BCUT2D eigenvalue weighted by Gasteiger charge is 2.34. The summed E-state index contributed by atoms with van der Waals surface area (Å²) in [5.41, 5.74) is 0.413. The zero-order valence-corrected chi connectivity index (χ0v) is 11.2. The molecule has 0 aromatic heterocycles. The first-order valence-electron chi connectivity index (χ1n) is 7.03. The van der Waals surface area contributed by atoms with Crippen molar-refractivity contribution in [3.05, 3.63) is 0 Å². The van der Waals surface area contributed by atoms with Gasteiger partial charge in [-0.1, -0.05) is 27.2 Å². The molecule has 94 valence electrons. The normalized spacial score (nSPS) is 35.8. The van der Waals surface area contributed by atoms with Crippen LogP contribution in [0.15, 0.2) is 0 Å². The summed E-state index contributed by atoms with van der Waals surface area (Å²) in [6.45, 7) is 9.35. The predicted octanol–water partition coefficient (Wildman–Crippen LogP) is 2.54. The molecule has 2 fully saturated rings. The van der Waals surface area contributed by atoms with Gasteiger partial charge in [-0.2, -0.15) is 0 Å². The van der Waals surface area contributed by atoms with Crippen LogP contribution in [0.2, 0.25) is 0 Å². The summed E-state index contributed by atoms with van der Waals surface area (Å²) >= 11 is 0. The Morgan fingerprint density at radius 2 is 1.94 bits per heavy atom. The maximum Gasteiger partial charge on any atom is 0.0111 e. The van der Waals surface area contributed by atoms with Crippen molar-refractivity contribution in [1.29, 1.82) is 0 Å². The average Bonchev–Trinajstić information content (AvgIpc) is 2.84. The lowest BCUT2D eigenvalue weighted by atomic mass is 9.91. The van der Waals surface area contributed by atoms with Gasteiger partial charge in [0.1, 0.15) is 0 Å². The SMILES string of the molecule is CC(C)(C)CNC1CCCC1C1CCCN1. The topological polar surface area (TPSA) is 24.1 Å². The molecule has 0 bridgehead atoms. The second kappa shape index (κ2) is 5.05. The second-order valence-electron chi connectivity index (χ2n) is 6.85. The van der Waals surface area contributed by atoms with Gasteiger partial charge in [-0.3, -0.25) is 0 Å². The Morgan fingerprint density at radius 3 is 2.56 bits per heavy atom. The first kappa shape index (κ1) is 12.4. The molecule has 3 atom stereocenters. The smallest absolute Gasteiger partial charge is 0.0111 e. The summed E-state index contributed by atoms with van der Waals surface area (Å²) in [5, 5.41) is 7.49. The molecule has 3 unspecified atom stereocenters. The Labute approximate surface area is 101 Å². The van der Waals surface area contributed by atoms with Gasteiger partial charge < -0.3 is 10.6 Å². The molecule has 2 rings (SSSR count). The van der Waals surface area contributed by atoms with Crippen LogP contribution in [0, 0.1) is 11.3 Å². The number of nitrogens with one attached hydrogen (secondary N) is 2. The Hall–Kier alpha value is -0.0800. The summed E-state index contributed by atoms with van der Waals surface area (Å²) in [6.07, 6.45) is 7.02. The van der Waals surface area contributed by atoms with Gasteiger partial charge in [-0.25, -0.2) is 0 Å². The number of hydrogen-bond donors (Lipinski definition) is 2. The minimum Gasteiger partial charge on any atom is -0.314 e. The van der Waals surface area contributed by atoms with Crippen molar-refractivity contribution in [1.82, 2.24) is 10.6 Å². The van der Waals surface area contributed by atoms with E-state index in [0.29, 0.717) is 5.41 Å². The predicted molar refractivity (Wildman–Crippen MR) is 69.6 cm³/mol. The van der Waals surface area contributed by atoms with E-state index in [1.54, 1.807) is 0 Å². The van der Waals surface area contributed by atoms with Crippen LogP contribution in [0.5, 0.6) is 0 Å². The first-order chi connectivity index (χ1) is 7.56. The molecule has 2 heteroatoms. The van der Waals surface area contributed by atoms with E-state index in [0.717, 1.165) is 24.5 Å². The number of rotatable bonds is 3. The van der Waals surface area contributed by atoms with Crippen LogP contribution in [0.4, 0.5) is 0 Å². The third kappa shape index (κ3) is 3.21. The zero-order chi connectivity index (χ0) is 11.6. The van der Waals surface area contributed by atoms with Crippen LogP contribution < -0.4 is 10.6 Å². The van der Waals surface area contributed by atoms with E-state index in [1.807, 2.05) is 0 Å². The molecule has 1 aliphatic heterocycles. The average molecular weight is 224 g/mol. The van der Waals surface area contributed by atoms with E-state index < -0.39 is 0 Å². The van der Waals surface area contributed by atoms with E-state index in [-0.39, 0.29) is 0 Å². The summed E-state index contributed by atoms with van der Waals surface area (Å²) in [4.78, 5) is 0. The van der Waals surface area contributed by atoms with Crippen LogP contribution in [-0.4, -0.2) is 25.2 Å². The van der Waals surface area contributed by atoms with Gasteiger partial charge in [0.2, 0.25) is 0 Å². The summed E-state index contributed by atoms with van der Waals surface area (Å²) < 4.78 is 0. The first-order valence-corrected chi connectivity index (χ1v) is 7.03. The minimum atomic E-state index is 0.413. The monoisotopic (exact) mass is 224 g/mol. The van der Waals surface area contributed by atoms with Crippen LogP contribution in [-0.2, 0) is 0 Å². The summed E-state index contributed by atoms with van der Waals surface area (Å²) in [5.74, 6) is 0.893. The largest absolute Gasteiger partial charge is 0.314 e. The molecule has 0 aromatic rings. The molecule has 1 saturated carbocycles. The van der Waals surface area contributed by atoms with E-state index in [2.05, 4.69) is 31.4 Å². The maximum absolute atomic E-state index is 3.81. The third-order valence-corrected chi connectivity index (χ3v) is 4.08. The zero-order valence-electron chi connectivity index (χ0n) is 11.2. The van der Waals surface area contributed by atoms with Gasteiger partial charge in [0, 0.05) is 18.6 Å². The van der Waals surface area contributed by atoms with E-state index in [9.17, 15) is 0 Å². The fourth-order valence-corrected chi connectivity index (χ4v) is 3.24. The summed E-state index contributed by atoms with van der Waals surface area (Å²) in [6, 6.07) is 1.58. The van der Waals surface area contributed by atoms with Crippen LogP contribution in [0.1, 0.15) is 52.9 Å². The minimum absolute atomic E-state index is 0.413. The van der Waals surface area contributed by atoms with Gasteiger partial charge in [-0.15, -0.1) is 0 Å². The fourth-order valence-electron chi connectivity index (χ4n) is 3.24. The van der Waals surface area contributed by atoms with Gasteiger partial charge in [0.15, 0.2) is 0 Å². The van der Waals surface area contributed by atoms with Crippen molar-refractivity contribution < 1.29 is 0 Å². The Morgan fingerprint density at radius 1 is 1.12 bits per heavy atom. The fraction of sp³-hybridized carbons (Fsp3) is 1.00. The standard InChI is InChI=1S/C14H28N2/c1-14(2,3)10-16-13-7-4-6-11(13)12-8-5-9-15-12/h11-13,15-16H,4-10H2,1-3H3. The molecule has 1 saturated heterocycles. The molecule has 2 aliphatic rings. The van der Waals surface area contributed by atoms with Gasteiger partial charge in [0.25, 0.3) is 0 Å². The van der Waals surface area contributed by atoms with E-state index >= 15 is 0 Å². The Balaban J connectivity index is 1.83. The van der Waals surface area contributed by atoms with Crippen LogP contribution >= 0.6 is 0 Å². The van der Waals surface area contributed by atoms with Crippen molar-refractivity contribution in [2.24, 2.45) is 11.3 Å². The Bertz CT molecular complexity index is 213.